The van der Waals surface area contributed by atoms with E-state index >= 15 is 0 Å². The molecule has 0 aliphatic heterocycles. The van der Waals surface area contributed by atoms with Crippen LogP contribution in [0.5, 0.6) is 0 Å². The van der Waals surface area contributed by atoms with Gasteiger partial charge in [0.2, 0.25) is 0 Å². The molecule has 1 heterocycles. The Hall–Kier alpha value is -4.37. The highest BCUT2D eigenvalue weighted by Crippen LogP contribution is 2.25. The molecule has 3 nitrogen and oxygen atoms in total. The van der Waals surface area contributed by atoms with Crippen molar-refractivity contribution in [3.05, 3.63) is 146 Å². The van der Waals surface area contributed by atoms with Crippen molar-refractivity contribution in [2.45, 2.75) is 27.7 Å². The summed E-state index contributed by atoms with van der Waals surface area (Å²) in [5, 5.41) is 0. The molecule has 36 heavy (non-hydrogen) atoms. The summed E-state index contributed by atoms with van der Waals surface area (Å²) in [6.45, 7) is 15.5. The molecule has 0 radical (unpaired) electrons. The van der Waals surface area contributed by atoms with Crippen LogP contribution in [0.15, 0.2) is 129 Å². The Balaban J connectivity index is 2.83. The molecule has 0 N–H and O–H groups in total. The maximum Gasteiger partial charge on any atom is 0.164 e. The van der Waals surface area contributed by atoms with Crippen LogP contribution in [0.4, 0.5) is 0 Å². The summed E-state index contributed by atoms with van der Waals surface area (Å²) in [4.78, 5) is 14.6. The second-order valence-electron chi connectivity index (χ2n) is 7.62. The lowest BCUT2D eigenvalue weighted by Crippen LogP contribution is -2.04. The number of allylic oxidation sites excluding steroid dienone is 18. The Morgan fingerprint density at radius 1 is 0.667 bits per heavy atom. The van der Waals surface area contributed by atoms with Gasteiger partial charge in [0.05, 0.1) is 0 Å². The minimum Gasteiger partial charge on any atom is -0.208 e. The molecular formula is C33H35N3. The Bertz CT molecular complexity index is 1290. The zero-order valence-corrected chi connectivity index (χ0v) is 21.7. The Labute approximate surface area is 216 Å². The molecule has 1 aromatic carbocycles. The summed E-state index contributed by atoms with van der Waals surface area (Å²) >= 11 is 0. The second kappa shape index (κ2) is 15.5. The SMILES string of the molecule is C=C/C=C\C(=C/C)c1cccc(-c2nc(C(/C=C\C)=C/C=C\C)nc(C(/C=C\C=C)=C/C=C\C)n2)c1. The van der Waals surface area contributed by atoms with Gasteiger partial charge in [0.15, 0.2) is 17.5 Å². The van der Waals surface area contributed by atoms with E-state index in [4.69, 9.17) is 15.0 Å². The molecule has 182 valence electrons. The largest absolute Gasteiger partial charge is 0.208 e. The quantitative estimate of drug-likeness (QED) is 0.306. The molecule has 2 rings (SSSR count). The van der Waals surface area contributed by atoms with Crippen LogP contribution in [-0.4, -0.2) is 15.0 Å². The van der Waals surface area contributed by atoms with Gasteiger partial charge in [-0.2, -0.15) is 0 Å². The van der Waals surface area contributed by atoms with Crippen LogP contribution in [-0.2, 0) is 0 Å². The van der Waals surface area contributed by atoms with E-state index < -0.39 is 0 Å². The van der Waals surface area contributed by atoms with Gasteiger partial charge in [-0.25, -0.2) is 15.0 Å². The molecule has 0 amide bonds. The first-order valence-corrected chi connectivity index (χ1v) is 12.0. The lowest BCUT2D eigenvalue weighted by atomic mass is 10.0. The van der Waals surface area contributed by atoms with Gasteiger partial charge in [-0.1, -0.05) is 122 Å². The van der Waals surface area contributed by atoms with E-state index in [-0.39, 0.29) is 0 Å². The predicted molar refractivity (Wildman–Crippen MR) is 158 cm³/mol. The van der Waals surface area contributed by atoms with E-state index in [1.807, 2.05) is 113 Å². The first-order chi connectivity index (χ1) is 17.6. The van der Waals surface area contributed by atoms with Crippen LogP contribution in [0.1, 0.15) is 44.9 Å². The molecule has 0 spiro atoms. The number of hydrogen-bond acceptors (Lipinski definition) is 3. The molecule has 2 aromatic rings. The zero-order chi connectivity index (χ0) is 26.2. The number of nitrogens with zero attached hydrogens (tertiary/aromatic N) is 3. The standard InChI is InChI=1S/C33H35N3/c1-7-13-19-26(12-6)29-23-17-24-30(25-29)33-35-31(27(18-11-5)20-14-8-2)34-32(36-33)28(21-15-9-3)22-16-10-4/h7-25H,1,3H2,2,4-6H3/b14-8-,16-10-,18-11-,19-13-,21-15-,26-12+,27-20+,28-22+. The third-order valence-electron chi connectivity index (χ3n) is 5.02. The molecule has 0 atom stereocenters. The van der Waals surface area contributed by atoms with E-state index in [9.17, 15) is 0 Å². The van der Waals surface area contributed by atoms with Gasteiger partial charge in [-0.15, -0.1) is 0 Å². The maximum atomic E-state index is 4.89. The third-order valence-corrected chi connectivity index (χ3v) is 5.02. The summed E-state index contributed by atoms with van der Waals surface area (Å²) in [6, 6.07) is 8.23. The Kier molecular flexibility index (Phi) is 12.0. The average Bonchev–Trinajstić information content (AvgIpc) is 2.91. The average molecular weight is 474 g/mol. The van der Waals surface area contributed by atoms with E-state index in [2.05, 4.69) is 31.4 Å². The van der Waals surface area contributed by atoms with E-state index in [0.29, 0.717) is 17.5 Å². The maximum absolute atomic E-state index is 4.89. The van der Waals surface area contributed by atoms with Crippen molar-refractivity contribution in [2.75, 3.05) is 0 Å². The van der Waals surface area contributed by atoms with E-state index in [1.54, 1.807) is 12.2 Å². The monoisotopic (exact) mass is 473 g/mol. The van der Waals surface area contributed by atoms with Crippen molar-refractivity contribution in [1.82, 2.24) is 15.0 Å². The minimum atomic E-state index is 0.588. The number of hydrogen-bond donors (Lipinski definition) is 0. The van der Waals surface area contributed by atoms with Crippen LogP contribution in [0.2, 0.25) is 0 Å². The van der Waals surface area contributed by atoms with Gasteiger partial charge in [0, 0.05) is 16.7 Å². The first kappa shape index (κ1) is 27.9. The lowest BCUT2D eigenvalue weighted by Gasteiger charge is -2.10. The van der Waals surface area contributed by atoms with Crippen molar-refractivity contribution in [3.63, 3.8) is 0 Å². The zero-order valence-electron chi connectivity index (χ0n) is 21.7. The number of rotatable bonds is 11. The lowest BCUT2D eigenvalue weighted by molar-refractivity contribution is 1.00. The third kappa shape index (κ3) is 8.14. The molecule has 1 aromatic heterocycles. The predicted octanol–water partition coefficient (Wildman–Crippen LogP) is 8.92. The first-order valence-electron chi connectivity index (χ1n) is 12.0. The summed E-state index contributed by atoms with van der Waals surface area (Å²) in [5.41, 5.74) is 4.84. The normalized spacial score (nSPS) is 13.7. The van der Waals surface area contributed by atoms with Gasteiger partial charge in [0.1, 0.15) is 0 Å². The smallest absolute Gasteiger partial charge is 0.164 e. The fourth-order valence-electron chi connectivity index (χ4n) is 3.29. The van der Waals surface area contributed by atoms with Crippen LogP contribution in [0.25, 0.3) is 28.1 Å². The molecule has 0 aliphatic carbocycles. The van der Waals surface area contributed by atoms with E-state index in [1.165, 1.54) is 0 Å². The minimum absolute atomic E-state index is 0.588. The molecular weight excluding hydrogens is 438 g/mol. The molecule has 0 unspecified atom stereocenters. The molecule has 0 bridgehead atoms. The summed E-state index contributed by atoms with van der Waals surface area (Å²) < 4.78 is 0. The highest BCUT2D eigenvalue weighted by molar-refractivity contribution is 5.79. The van der Waals surface area contributed by atoms with E-state index in [0.717, 1.165) is 27.8 Å². The fourth-order valence-corrected chi connectivity index (χ4v) is 3.29. The number of benzene rings is 1. The van der Waals surface area contributed by atoms with Gasteiger partial charge >= 0.3 is 0 Å². The summed E-state index contributed by atoms with van der Waals surface area (Å²) in [6.07, 6.45) is 29.3. The van der Waals surface area contributed by atoms with Crippen molar-refractivity contribution >= 4 is 16.7 Å². The van der Waals surface area contributed by atoms with Gasteiger partial charge in [0.25, 0.3) is 0 Å². The van der Waals surface area contributed by atoms with Crippen molar-refractivity contribution in [2.24, 2.45) is 0 Å². The van der Waals surface area contributed by atoms with Crippen molar-refractivity contribution < 1.29 is 0 Å². The van der Waals surface area contributed by atoms with Crippen molar-refractivity contribution in [1.29, 1.82) is 0 Å². The van der Waals surface area contributed by atoms with Gasteiger partial charge in [-0.05, 0) is 44.9 Å². The molecule has 0 fully saturated rings. The highest BCUT2D eigenvalue weighted by Gasteiger charge is 2.13. The van der Waals surface area contributed by atoms with Gasteiger partial charge < -0.3 is 0 Å². The molecule has 0 saturated carbocycles. The van der Waals surface area contributed by atoms with Crippen LogP contribution in [0.3, 0.4) is 0 Å². The highest BCUT2D eigenvalue weighted by atomic mass is 15.0. The number of aromatic nitrogens is 3. The summed E-state index contributed by atoms with van der Waals surface area (Å²) in [5.74, 6) is 1.80. The summed E-state index contributed by atoms with van der Waals surface area (Å²) in [7, 11) is 0. The van der Waals surface area contributed by atoms with Crippen LogP contribution in [0, 0.1) is 0 Å². The Morgan fingerprint density at radius 3 is 1.78 bits per heavy atom. The van der Waals surface area contributed by atoms with Gasteiger partial charge in [-0.3, -0.25) is 0 Å². The Morgan fingerprint density at radius 2 is 1.25 bits per heavy atom. The molecule has 0 saturated heterocycles. The molecule has 0 aliphatic rings. The topological polar surface area (TPSA) is 38.7 Å². The van der Waals surface area contributed by atoms with Crippen LogP contribution < -0.4 is 0 Å². The second-order valence-corrected chi connectivity index (χ2v) is 7.62. The fraction of sp³-hybridized carbons (Fsp3) is 0.121. The van der Waals surface area contributed by atoms with Crippen molar-refractivity contribution in [3.8, 4) is 11.4 Å². The molecule has 3 heteroatoms. The van der Waals surface area contributed by atoms with Crippen LogP contribution >= 0.6 is 0 Å².